The Morgan fingerprint density at radius 2 is 1.32 bits per heavy atom. The van der Waals surface area contributed by atoms with Gasteiger partial charge >= 0.3 is 0 Å². The highest BCUT2D eigenvalue weighted by Gasteiger charge is 1.98. The largest absolute Gasteiger partial charge is 0.359 e. The Bertz CT molecular complexity index is 870. The number of aromatic amines is 2. The second-order valence-electron chi connectivity index (χ2n) is 6.42. The van der Waals surface area contributed by atoms with Crippen molar-refractivity contribution in [3.8, 4) is 0 Å². The lowest BCUT2D eigenvalue weighted by Crippen LogP contribution is -1.78. The molecule has 0 aliphatic carbocycles. The molecule has 0 bridgehead atoms. The van der Waals surface area contributed by atoms with Gasteiger partial charge in [0.05, 0.1) is 17.2 Å². The van der Waals surface area contributed by atoms with Crippen molar-refractivity contribution in [1.29, 1.82) is 0 Å². The summed E-state index contributed by atoms with van der Waals surface area (Å²) in [6.07, 6.45) is 3.06. The van der Waals surface area contributed by atoms with Crippen molar-refractivity contribution in [2.75, 3.05) is 0 Å². The summed E-state index contributed by atoms with van der Waals surface area (Å²) in [4.78, 5) is 14.8. The molecule has 0 fully saturated rings. The number of pyridine rings is 1. The van der Waals surface area contributed by atoms with Crippen LogP contribution in [0.4, 0.5) is 0 Å². The molecule has 0 aliphatic heterocycles. The van der Waals surface area contributed by atoms with Crippen LogP contribution in [-0.4, -0.2) is 19.9 Å². The molecule has 0 saturated carbocycles. The molecule has 174 valence electrons. The Morgan fingerprint density at radius 3 is 1.90 bits per heavy atom. The number of fused-ring (bicyclic) bond motifs is 2. The molecule has 0 aliphatic rings. The van der Waals surface area contributed by atoms with E-state index in [-0.39, 0.29) is 0 Å². The molecule has 0 saturated heterocycles. The summed E-state index contributed by atoms with van der Waals surface area (Å²) in [6, 6.07) is 10.6. The Hall–Kier alpha value is -2.62. The second-order valence-corrected chi connectivity index (χ2v) is 6.42. The minimum absolute atomic E-state index is 0.937. The van der Waals surface area contributed by atoms with Crippen LogP contribution in [0.3, 0.4) is 0 Å². The van der Waals surface area contributed by atoms with Crippen molar-refractivity contribution in [2.24, 2.45) is 0 Å². The Kier molecular flexibility index (Phi) is 17.9. The first kappa shape index (κ1) is 30.6. The van der Waals surface area contributed by atoms with E-state index in [2.05, 4.69) is 71.9 Å². The van der Waals surface area contributed by atoms with E-state index in [0.717, 1.165) is 22.6 Å². The van der Waals surface area contributed by atoms with Gasteiger partial charge in [0.2, 0.25) is 0 Å². The zero-order chi connectivity index (χ0) is 24.4. The van der Waals surface area contributed by atoms with Crippen LogP contribution < -0.4 is 0 Å². The molecule has 0 spiro atoms. The smallest absolute Gasteiger partial charge is 0.104 e. The van der Waals surface area contributed by atoms with E-state index in [4.69, 9.17) is 0 Å². The molecular formula is C27H46N4. The molecule has 0 unspecified atom stereocenters. The van der Waals surface area contributed by atoms with Gasteiger partial charge in [-0.3, -0.25) is 4.98 Å². The van der Waals surface area contributed by atoms with E-state index in [9.17, 15) is 0 Å². The van der Waals surface area contributed by atoms with Crippen LogP contribution in [0.5, 0.6) is 0 Å². The molecule has 4 aromatic rings. The number of hydrogen-bond acceptors (Lipinski definition) is 2. The molecule has 31 heavy (non-hydrogen) atoms. The summed E-state index contributed by atoms with van der Waals surface area (Å²) in [5, 5.41) is 1.31. The lowest BCUT2D eigenvalue weighted by molar-refractivity contribution is 1.09. The maximum absolute atomic E-state index is 4.28. The average Bonchev–Trinajstić information content (AvgIpc) is 3.33. The van der Waals surface area contributed by atoms with Gasteiger partial charge < -0.3 is 9.97 Å². The fraction of sp³-hybridized carbons (Fsp3) is 0.481. The van der Waals surface area contributed by atoms with Crippen LogP contribution in [0.25, 0.3) is 21.9 Å². The van der Waals surface area contributed by atoms with E-state index in [1.54, 1.807) is 0 Å². The zero-order valence-electron chi connectivity index (χ0n) is 22.1. The fourth-order valence-corrected chi connectivity index (χ4v) is 2.53. The summed E-state index contributed by atoms with van der Waals surface area (Å²) in [5.41, 5.74) is 6.78. The van der Waals surface area contributed by atoms with Gasteiger partial charge in [0.15, 0.2) is 0 Å². The van der Waals surface area contributed by atoms with E-state index in [1.165, 1.54) is 28.6 Å². The molecule has 0 atom stereocenters. The predicted molar refractivity (Wildman–Crippen MR) is 141 cm³/mol. The number of imidazole rings is 1. The van der Waals surface area contributed by atoms with Crippen LogP contribution in [0.2, 0.25) is 0 Å². The van der Waals surface area contributed by atoms with Crippen LogP contribution in [0.1, 0.15) is 84.6 Å². The first-order chi connectivity index (χ1) is 14.9. The van der Waals surface area contributed by atoms with Gasteiger partial charge in [-0.2, -0.15) is 0 Å². The highest BCUT2D eigenvalue weighted by atomic mass is 14.9. The standard InChI is InChI=1S/C10H11N.C8H9N3.C3H8.3C2H6/c1-7-3-4-10-9(5-7)6-8(2)11-10;1-5-3-7-8(4-9-5)11-6(2)10-7;1-3-2;3*1-2/h3-6,11H,1-2H3;3-4H,1-2H3,(H,10,11);3H2,1-2H3;3*1-2H3. The van der Waals surface area contributed by atoms with Gasteiger partial charge in [0.1, 0.15) is 5.82 Å². The number of aromatic nitrogens is 4. The van der Waals surface area contributed by atoms with Crippen molar-refractivity contribution >= 4 is 21.9 Å². The first-order valence-corrected chi connectivity index (χ1v) is 11.8. The van der Waals surface area contributed by atoms with Crippen molar-refractivity contribution < 1.29 is 0 Å². The van der Waals surface area contributed by atoms with Crippen LogP contribution in [0.15, 0.2) is 36.5 Å². The highest BCUT2D eigenvalue weighted by Crippen LogP contribution is 2.15. The van der Waals surface area contributed by atoms with Crippen LogP contribution >= 0.6 is 0 Å². The monoisotopic (exact) mass is 426 g/mol. The van der Waals surface area contributed by atoms with E-state index in [0.29, 0.717) is 0 Å². The van der Waals surface area contributed by atoms with E-state index in [1.807, 2.05) is 67.7 Å². The molecule has 0 amide bonds. The number of H-pyrrole nitrogens is 2. The Balaban J connectivity index is 0. The molecule has 0 radical (unpaired) electrons. The first-order valence-electron chi connectivity index (χ1n) is 11.8. The molecule has 3 heterocycles. The van der Waals surface area contributed by atoms with Crippen molar-refractivity contribution in [3.63, 3.8) is 0 Å². The molecule has 2 N–H and O–H groups in total. The Morgan fingerprint density at radius 1 is 0.742 bits per heavy atom. The van der Waals surface area contributed by atoms with Gasteiger partial charge in [0, 0.05) is 16.9 Å². The summed E-state index contributed by atoms with van der Waals surface area (Å²) >= 11 is 0. The highest BCUT2D eigenvalue weighted by molar-refractivity contribution is 5.80. The number of aryl methyl sites for hydroxylation is 4. The third kappa shape index (κ3) is 11.4. The van der Waals surface area contributed by atoms with Gasteiger partial charge in [0.25, 0.3) is 0 Å². The number of rotatable bonds is 0. The fourth-order valence-electron chi connectivity index (χ4n) is 2.53. The lowest BCUT2D eigenvalue weighted by Gasteiger charge is -1.90. The van der Waals surface area contributed by atoms with Gasteiger partial charge in [-0.1, -0.05) is 73.4 Å². The van der Waals surface area contributed by atoms with Gasteiger partial charge in [-0.25, -0.2) is 4.98 Å². The normalized spacial score (nSPS) is 8.77. The molecule has 1 aromatic carbocycles. The van der Waals surface area contributed by atoms with Crippen molar-refractivity contribution in [3.05, 3.63) is 59.3 Å². The predicted octanol–water partition coefficient (Wildman–Crippen LogP) is 8.85. The van der Waals surface area contributed by atoms with E-state index >= 15 is 0 Å². The lowest BCUT2D eigenvalue weighted by atomic mass is 10.2. The van der Waals surface area contributed by atoms with Gasteiger partial charge in [-0.15, -0.1) is 0 Å². The summed E-state index contributed by atoms with van der Waals surface area (Å²) in [5.74, 6) is 0.937. The average molecular weight is 427 g/mol. The van der Waals surface area contributed by atoms with E-state index < -0.39 is 0 Å². The molecule has 4 heteroatoms. The molecular weight excluding hydrogens is 380 g/mol. The summed E-state index contributed by atoms with van der Waals surface area (Å²) in [7, 11) is 0. The Labute approximate surface area is 190 Å². The molecule has 4 rings (SSSR count). The van der Waals surface area contributed by atoms with Crippen molar-refractivity contribution in [1.82, 2.24) is 19.9 Å². The maximum atomic E-state index is 4.28. The second kappa shape index (κ2) is 18.2. The molecule has 4 nitrogen and oxygen atoms in total. The SMILES string of the molecule is CC.CC.CC.CCC.Cc1cc2nc(C)[nH]c2cn1.Cc1ccc2[nH]c(C)cc2c1. The minimum Gasteiger partial charge on any atom is -0.359 e. The maximum Gasteiger partial charge on any atom is 0.104 e. The van der Waals surface area contributed by atoms with Gasteiger partial charge in [-0.05, 0) is 57.3 Å². The number of benzene rings is 1. The zero-order valence-corrected chi connectivity index (χ0v) is 22.1. The number of hydrogen-bond donors (Lipinski definition) is 2. The topological polar surface area (TPSA) is 57.4 Å². The van der Waals surface area contributed by atoms with Crippen LogP contribution in [-0.2, 0) is 0 Å². The number of nitrogens with zero attached hydrogens (tertiary/aromatic N) is 2. The minimum atomic E-state index is 0.937. The third-order valence-corrected chi connectivity index (χ3v) is 3.53. The summed E-state index contributed by atoms with van der Waals surface area (Å²) in [6.45, 7) is 24.3. The third-order valence-electron chi connectivity index (χ3n) is 3.53. The summed E-state index contributed by atoms with van der Waals surface area (Å²) < 4.78 is 0. The van der Waals surface area contributed by atoms with Crippen LogP contribution in [0, 0.1) is 27.7 Å². The van der Waals surface area contributed by atoms with Crippen molar-refractivity contribution in [2.45, 2.75) is 89.5 Å². The molecule has 3 aromatic heterocycles. The quantitative estimate of drug-likeness (QED) is 0.295. The number of nitrogens with one attached hydrogen (secondary N) is 2.